The summed E-state index contributed by atoms with van der Waals surface area (Å²) in [6.07, 6.45) is 5.23. The van der Waals surface area contributed by atoms with Crippen LogP contribution in [0.25, 0.3) is 0 Å². The number of halogens is 1. The van der Waals surface area contributed by atoms with Gasteiger partial charge in [0.05, 0.1) is 5.75 Å². The summed E-state index contributed by atoms with van der Waals surface area (Å²) in [4.78, 5) is 14.1. The van der Waals surface area contributed by atoms with Gasteiger partial charge in [0.25, 0.3) is 0 Å². The molecule has 142 valence electrons. The summed E-state index contributed by atoms with van der Waals surface area (Å²) in [6.45, 7) is 4.92. The minimum atomic E-state index is -3.38. The number of unbranched alkanes of at least 4 members (excludes halogenated alkanes) is 4. The van der Waals surface area contributed by atoms with E-state index in [9.17, 15) is 17.6 Å². The lowest BCUT2D eigenvalue weighted by molar-refractivity contribution is -0.129. The first-order valence-corrected chi connectivity index (χ1v) is 10.9. The summed E-state index contributed by atoms with van der Waals surface area (Å²) in [5, 5.41) is 0. The molecule has 0 atom stereocenters. The third kappa shape index (κ3) is 9.00. The number of nitrogens with zero attached hydrogens (tertiary/aromatic N) is 1. The van der Waals surface area contributed by atoms with Gasteiger partial charge in [-0.05, 0) is 30.5 Å². The van der Waals surface area contributed by atoms with E-state index in [-0.39, 0.29) is 17.5 Å². The van der Waals surface area contributed by atoms with Crippen LogP contribution in [-0.4, -0.2) is 37.3 Å². The number of hydrogen-bond acceptors (Lipinski definition) is 3. The second-order valence-electron chi connectivity index (χ2n) is 6.45. The predicted molar refractivity (Wildman–Crippen MR) is 99.5 cm³/mol. The second kappa shape index (κ2) is 11.2. The van der Waals surface area contributed by atoms with Gasteiger partial charge in [0, 0.05) is 13.1 Å². The Morgan fingerprint density at radius 1 is 1.00 bits per heavy atom. The van der Waals surface area contributed by atoms with Gasteiger partial charge in [-0.2, -0.15) is 0 Å². The molecule has 0 bridgehead atoms. The molecule has 0 aliphatic heterocycles. The standard InChI is InChI=1S/C19H30FNO3S/c1-3-5-7-13-21(15-17-9-11-18(20)12-10-17)19(22)16-25(23,24)14-8-6-4-2/h9-12H,3-8,13-16H2,1-2H3. The molecule has 0 N–H and O–H groups in total. The van der Waals surface area contributed by atoms with Gasteiger partial charge < -0.3 is 4.90 Å². The molecule has 1 rings (SSSR count). The molecule has 25 heavy (non-hydrogen) atoms. The summed E-state index contributed by atoms with van der Waals surface area (Å²) >= 11 is 0. The predicted octanol–water partition coefficient (Wildman–Crippen LogP) is 3.95. The lowest BCUT2D eigenvalue weighted by Gasteiger charge is -2.23. The maximum atomic E-state index is 13.0. The fourth-order valence-electron chi connectivity index (χ4n) is 2.58. The van der Waals surface area contributed by atoms with Crippen LogP contribution in [-0.2, 0) is 21.2 Å². The van der Waals surface area contributed by atoms with Crippen LogP contribution in [0.1, 0.15) is 57.9 Å². The summed E-state index contributed by atoms with van der Waals surface area (Å²) < 4.78 is 37.3. The van der Waals surface area contributed by atoms with E-state index in [4.69, 9.17) is 0 Å². The van der Waals surface area contributed by atoms with Gasteiger partial charge in [-0.1, -0.05) is 51.7 Å². The number of carbonyl (C=O) groups is 1. The Kier molecular flexibility index (Phi) is 9.71. The van der Waals surface area contributed by atoms with E-state index >= 15 is 0 Å². The van der Waals surface area contributed by atoms with Gasteiger partial charge in [0.1, 0.15) is 11.6 Å². The van der Waals surface area contributed by atoms with Crippen LogP contribution < -0.4 is 0 Å². The smallest absolute Gasteiger partial charge is 0.238 e. The van der Waals surface area contributed by atoms with Crippen LogP contribution in [0.4, 0.5) is 4.39 Å². The highest BCUT2D eigenvalue weighted by Crippen LogP contribution is 2.10. The molecule has 1 amide bonds. The van der Waals surface area contributed by atoms with Gasteiger partial charge >= 0.3 is 0 Å². The van der Waals surface area contributed by atoms with Crippen molar-refractivity contribution >= 4 is 15.7 Å². The zero-order valence-electron chi connectivity index (χ0n) is 15.3. The van der Waals surface area contributed by atoms with Crippen molar-refractivity contribution in [1.29, 1.82) is 0 Å². The zero-order chi connectivity index (χ0) is 18.7. The summed E-state index contributed by atoms with van der Waals surface area (Å²) in [7, 11) is -3.38. The molecule has 6 heteroatoms. The van der Waals surface area contributed by atoms with Gasteiger partial charge in [0.15, 0.2) is 9.84 Å². The van der Waals surface area contributed by atoms with Crippen molar-refractivity contribution in [2.24, 2.45) is 0 Å². The molecule has 0 aliphatic carbocycles. The molecular formula is C19H30FNO3S. The molecule has 0 heterocycles. The molecule has 0 spiro atoms. The quantitative estimate of drug-likeness (QED) is 0.523. The summed E-state index contributed by atoms with van der Waals surface area (Å²) in [5.41, 5.74) is 0.801. The summed E-state index contributed by atoms with van der Waals surface area (Å²) in [5.74, 6) is -1.07. The number of sulfone groups is 1. The maximum absolute atomic E-state index is 13.0. The third-order valence-corrected chi connectivity index (χ3v) is 5.67. The van der Waals surface area contributed by atoms with Gasteiger partial charge in [-0.3, -0.25) is 4.79 Å². The van der Waals surface area contributed by atoms with E-state index in [1.807, 2.05) is 6.92 Å². The molecule has 0 radical (unpaired) electrons. The molecule has 0 aliphatic rings. The first-order chi connectivity index (χ1) is 11.9. The molecule has 0 fully saturated rings. The van der Waals surface area contributed by atoms with Crippen molar-refractivity contribution in [2.75, 3.05) is 18.1 Å². The largest absolute Gasteiger partial charge is 0.337 e. The molecule has 1 aromatic rings. The zero-order valence-corrected chi connectivity index (χ0v) is 16.2. The number of carbonyl (C=O) groups excluding carboxylic acids is 1. The van der Waals surface area contributed by atoms with E-state index in [1.54, 1.807) is 17.0 Å². The molecule has 4 nitrogen and oxygen atoms in total. The highest BCUT2D eigenvalue weighted by molar-refractivity contribution is 7.92. The fraction of sp³-hybridized carbons (Fsp3) is 0.632. The second-order valence-corrected chi connectivity index (χ2v) is 8.63. The third-order valence-electron chi connectivity index (χ3n) is 4.07. The highest BCUT2D eigenvalue weighted by Gasteiger charge is 2.21. The van der Waals surface area contributed by atoms with E-state index in [1.165, 1.54) is 12.1 Å². The van der Waals surface area contributed by atoms with Crippen LogP contribution in [0.5, 0.6) is 0 Å². The van der Waals surface area contributed by atoms with Crippen molar-refractivity contribution < 1.29 is 17.6 Å². The van der Waals surface area contributed by atoms with Crippen molar-refractivity contribution in [2.45, 2.75) is 58.9 Å². The number of rotatable bonds is 12. The Hall–Kier alpha value is -1.43. The Morgan fingerprint density at radius 2 is 1.60 bits per heavy atom. The SMILES string of the molecule is CCCCCN(Cc1ccc(F)cc1)C(=O)CS(=O)(=O)CCCCC. The lowest BCUT2D eigenvalue weighted by Crippen LogP contribution is -2.36. The molecule has 0 aromatic heterocycles. The van der Waals surface area contributed by atoms with Crippen molar-refractivity contribution in [1.82, 2.24) is 4.90 Å². The maximum Gasteiger partial charge on any atom is 0.238 e. The highest BCUT2D eigenvalue weighted by atomic mass is 32.2. The molecule has 0 unspecified atom stereocenters. The first kappa shape index (κ1) is 21.6. The van der Waals surface area contributed by atoms with Crippen molar-refractivity contribution in [3.63, 3.8) is 0 Å². The van der Waals surface area contributed by atoms with Crippen molar-refractivity contribution in [3.8, 4) is 0 Å². The minimum absolute atomic E-state index is 0.0614. The molecule has 1 aromatic carbocycles. The van der Waals surface area contributed by atoms with Crippen LogP contribution in [0, 0.1) is 5.82 Å². The van der Waals surface area contributed by atoms with Crippen LogP contribution in [0.2, 0.25) is 0 Å². The number of benzene rings is 1. The van der Waals surface area contributed by atoms with Crippen LogP contribution >= 0.6 is 0 Å². The lowest BCUT2D eigenvalue weighted by atomic mass is 10.2. The average molecular weight is 372 g/mol. The fourth-order valence-corrected chi connectivity index (χ4v) is 3.93. The molecule has 0 saturated carbocycles. The monoisotopic (exact) mass is 371 g/mol. The minimum Gasteiger partial charge on any atom is -0.337 e. The van der Waals surface area contributed by atoms with E-state index in [0.29, 0.717) is 19.5 Å². The average Bonchev–Trinajstić information content (AvgIpc) is 2.55. The number of hydrogen-bond donors (Lipinski definition) is 0. The van der Waals surface area contributed by atoms with Crippen molar-refractivity contribution in [3.05, 3.63) is 35.6 Å². The first-order valence-electron chi connectivity index (χ1n) is 9.10. The summed E-state index contributed by atoms with van der Waals surface area (Å²) in [6, 6.07) is 5.97. The normalized spacial score (nSPS) is 11.5. The Labute approximate surface area is 151 Å². The Bertz CT molecular complexity index is 614. The Balaban J connectivity index is 2.72. The van der Waals surface area contributed by atoms with Gasteiger partial charge in [0.2, 0.25) is 5.91 Å². The number of amides is 1. The van der Waals surface area contributed by atoms with Gasteiger partial charge in [-0.15, -0.1) is 0 Å². The molecule has 0 saturated heterocycles. The molecular weight excluding hydrogens is 341 g/mol. The van der Waals surface area contributed by atoms with Gasteiger partial charge in [-0.25, -0.2) is 12.8 Å². The Morgan fingerprint density at radius 3 is 2.20 bits per heavy atom. The van der Waals surface area contributed by atoms with Crippen LogP contribution in [0.3, 0.4) is 0 Å². The van der Waals surface area contributed by atoms with E-state index in [0.717, 1.165) is 37.7 Å². The van der Waals surface area contributed by atoms with E-state index < -0.39 is 15.6 Å². The van der Waals surface area contributed by atoms with Crippen LogP contribution in [0.15, 0.2) is 24.3 Å². The topological polar surface area (TPSA) is 54.5 Å². The van der Waals surface area contributed by atoms with E-state index in [2.05, 4.69) is 6.92 Å².